The first-order chi connectivity index (χ1) is 6.47. The van der Waals surface area contributed by atoms with Crippen molar-refractivity contribution in [1.29, 1.82) is 0 Å². The molecule has 1 aromatic rings. The fourth-order valence-corrected chi connectivity index (χ4v) is 4.64. The molecular weight excluding hydrogens is 279 g/mol. The molecule has 0 amide bonds. The quantitative estimate of drug-likeness (QED) is 0.782. The van der Waals surface area contributed by atoms with Gasteiger partial charge in [0, 0.05) is 0 Å². The molecular formula is C11H18N2Sn. The maximum atomic E-state index is 4.60. The zero-order chi connectivity index (χ0) is 10.3. The molecule has 76 valence electrons. The molecule has 0 bridgehead atoms. The van der Waals surface area contributed by atoms with Crippen molar-refractivity contribution in [2.75, 3.05) is 0 Å². The Labute approximate surface area is 90.0 Å². The standard InChI is InChI=1S/C8H9N2.3CH3.Sn/c1-6-9-5-4-8(10-6)7-2-3-7;;;;/h4,7H,2-3H2,1H3;3*1H3;. The third kappa shape index (κ3) is 2.27. The second-order valence-corrected chi connectivity index (χ2v) is 19.6. The van der Waals surface area contributed by atoms with Gasteiger partial charge in [-0.15, -0.1) is 0 Å². The summed E-state index contributed by atoms with van der Waals surface area (Å²) in [5, 5.41) is 0. The van der Waals surface area contributed by atoms with Gasteiger partial charge in [-0.1, -0.05) is 0 Å². The molecule has 2 nitrogen and oxygen atoms in total. The molecule has 0 radical (unpaired) electrons. The zero-order valence-corrected chi connectivity index (χ0v) is 12.3. The summed E-state index contributed by atoms with van der Waals surface area (Å²) in [5.41, 5.74) is 1.30. The molecule has 0 atom stereocenters. The van der Waals surface area contributed by atoms with Crippen molar-refractivity contribution < 1.29 is 0 Å². The molecule has 1 aliphatic carbocycles. The van der Waals surface area contributed by atoms with Gasteiger partial charge in [0.25, 0.3) is 0 Å². The van der Waals surface area contributed by atoms with Gasteiger partial charge < -0.3 is 0 Å². The van der Waals surface area contributed by atoms with Crippen LogP contribution in [0.5, 0.6) is 0 Å². The summed E-state index contributed by atoms with van der Waals surface area (Å²) in [7, 11) is 0. The van der Waals surface area contributed by atoms with Crippen LogP contribution in [0.2, 0.25) is 14.8 Å². The summed E-state index contributed by atoms with van der Waals surface area (Å²) >= 11 is -1.98. The summed E-state index contributed by atoms with van der Waals surface area (Å²) in [6.45, 7) is 2.02. The number of aromatic nitrogens is 2. The number of aryl methyl sites for hydroxylation is 1. The average Bonchev–Trinajstić information content (AvgIpc) is 2.83. The van der Waals surface area contributed by atoms with E-state index < -0.39 is 18.4 Å². The van der Waals surface area contributed by atoms with E-state index in [1.54, 1.807) is 0 Å². The molecule has 0 aliphatic heterocycles. The third-order valence-electron chi connectivity index (χ3n) is 2.62. The SMILES string of the molecule is Cc1nc(C2CC2)c[c]([Sn]([CH3])([CH3])[CH3])n1. The Kier molecular flexibility index (Phi) is 2.58. The van der Waals surface area contributed by atoms with Gasteiger partial charge in [0.1, 0.15) is 0 Å². The molecule has 0 aromatic carbocycles. The predicted octanol–water partition coefficient (Wildman–Crippen LogP) is 2.21. The molecule has 14 heavy (non-hydrogen) atoms. The third-order valence-corrected chi connectivity index (χ3v) is 7.74. The molecule has 2 rings (SSSR count). The first-order valence-electron chi connectivity index (χ1n) is 5.33. The molecule has 1 fully saturated rings. The normalized spacial score (nSPS) is 17.1. The van der Waals surface area contributed by atoms with Crippen LogP contribution in [0.1, 0.15) is 30.3 Å². The molecule has 1 aliphatic rings. The predicted molar refractivity (Wildman–Crippen MR) is 61.7 cm³/mol. The van der Waals surface area contributed by atoms with E-state index in [-0.39, 0.29) is 0 Å². The summed E-state index contributed by atoms with van der Waals surface area (Å²) in [6.07, 6.45) is 2.66. The Bertz CT molecular complexity index is 351. The van der Waals surface area contributed by atoms with Crippen LogP contribution in [0.15, 0.2) is 6.07 Å². The minimum atomic E-state index is -1.98. The maximum absolute atomic E-state index is 4.60. The van der Waals surface area contributed by atoms with Crippen LogP contribution in [0.25, 0.3) is 0 Å². The molecule has 0 unspecified atom stereocenters. The first-order valence-corrected chi connectivity index (χ1v) is 15.3. The van der Waals surface area contributed by atoms with Crippen molar-refractivity contribution in [1.82, 2.24) is 9.97 Å². The topological polar surface area (TPSA) is 25.8 Å². The van der Waals surface area contributed by atoms with Crippen LogP contribution >= 0.6 is 0 Å². The Balaban J connectivity index is 2.41. The number of rotatable bonds is 2. The molecule has 1 aromatic heterocycles. The van der Waals surface area contributed by atoms with E-state index in [0.717, 1.165) is 11.7 Å². The van der Waals surface area contributed by atoms with E-state index in [0.29, 0.717) is 0 Å². The molecule has 0 N–H and O–H groups in total. The number of hydrogen-bond acceptors (Lipinski definition) is 2. The van der Waals surface area contributed by atoms with Crippen LogP contribution in [-0.4, -0.2) is 28.3 Å². The van der Waals surface area contributed by atoms with Crippen LogP contribution in [0.3, 0.4) is 0 Å². The molecule has 3 heteroatoms. The van der Waals surface area contributed by atoms with Crippen LogP contribution in [0, 0.1) is 6.92 Å². The molecule has 1 heterocycles. The monoisotopic (exact) mass is 298 g/mol. The fraction of sp³-hybridized carbons (Fsp3) is 0.636. The van der Waals surface area contributed by atoms with Gasteiger partial charge in [-0.25, -0.2) is 0 Å². The zero-order valence-electron chi connectivity index (χ0n) is 9.46. The summed E-state index contributed by atoms with van der Waals surface area (Å²) in [5.74, 6) is 1.72. The molecule has 0 saturated heterocycles. The fourth-order valence-electron chi connectivity index (χ4n) is 1.56. The van der Waals surface area contributed by atoms with Gasteiger partial charge in [0.05, 0.1) is 0 Å². The van der Waals surface area contributed by atoms with Gasteiger partial charge in [-0.3, -0.25) is 0 Å². The van der Waals surface area contributed by atoms with E-state index in [2.05, 4.69) is 30.9 Å². The van der Waals surface area contributed by atoms with Crippen molar-refractivity contribution >= 4 is 22.1 Å². The van der Waals surface area contributed by atoms with Crippen molar-refractivity contribution in [3.63, 3.8) is 0 Å². The molecule has 0 spiro atoms. The Hall–Kier alpha value is -0.121. The van der Waals surface area contributed by atoms with E-state index in [4.69, 9.17) is 0 Å². The van der Waals surface area contributed by atoms with Gasteiger partial charge in [0.2, 0.25) is 0 Å². The Morgan fingerprint density at radius 1 is 1.21 bits per heavy atom. The second kappa shape index (κ2) is 3.47. The minimum absolute atomic E-state index is 0.754. The number of nitrogens with zero attached hydrogens (tertiary/aromatic N) is 2. The summed E-state index contributed by atoms with van der Waals surface area (Å²) < 4.78 is 1.38. The number of hydrogen-bond donors (Lipinski definition) is 0. The summed E-state index contributed by atoms with van der Waals surface area (Å²) in [6, 6.07) is 2.28. The Morgan fingerprint density at radius 2 is 1.86 bits per heavy atom. The first kappa shape index (κ1) is 10.4. The van der Waals surface area contributed by atoms with Crippen LogP contribution < -0.4 is 3.71 Å². The van der Waals surface area contributed by atoms with Gasteiger partial charge in [-0.05, 0) is 0 Å². The molecule has 1 saturated carbocycles. The van der Waals surface area contributed by atoms with Crippen molar-refractivity contribution in [2.45, 2.75) is 40.5 Å². The Morgan fingerprint density at radius 3 is 2.36 bits per heavy atom. The van der Waals surface area contributed by atoms with Crippen LogP contribution in [-0.2, 0) is 0 Å². The van der Waals surface area contributed by atoms with E-state index in [1.165, 1.54) is 22.2 Å². The van der Waals surface area contributed by atoms with Gasteiger partial charge in [-0.2, -0.15) is 0 Å². The van der Waals surface area contributed by atoms with Crippen molar-refractivity contribution in [2.24, 2.45) is 0 Å². The average molecular weight is 297 g/mol. The van der Waals surface area contributed by atoms with Crippen molar-refractivity contribution in [3.8, 4) is 0 Å². The van der Waals surface area contributed by atoms with Crippen LogP contribution in [0.4, 0.5) is 0 Å². The summed E-state index contributed by atoms with van der Waals surface area (Å²) in [4.78, 5) is 16.4. The van der Waals surface area contributed by atoms with Crippen molar-refractivity contribution in [3.05, 3.63) is 17.6 Å². The van der Waals surface area contributed by atoms with Gasteiger partial charge in [0.15, 0.2) is 0 Å². The van der Waals surface area contributed by atoms with E-state index in [9.17, 15) is 0 Å². The van der Waals surface area contributed by atoms with Gasteiger partial charge >= 0.3 is 90.1 Å². The van der Waals surface area contributed by atoms with E-state index >= 15 is 0 Å². The van der Waals surface area contributed by atoms with E-state index in [1.807, 2.05) is 6.92 Å². The second-order valence-electron chi connectivity index (χ2n) is 5.25.